The van der Waals surface area contributed by atoms with E-state index in [1.54, 1.807) is 40.1 Å². The van der Waals surface area contributed by atoms with Crippen LogP contribution in [0, 0.1) is 5.82 Å². The molecule has 1 aliphatic heterocycles. The first-order valence-electron chi connectivity index (χ1n) is 9.97. The van der Waals surface area contributed by atoms with Crippen molar-refractivity contribution >= 4 is 41.2 Å². The molecule has 2 heterocycles. The Morgan fingerprint density at radius 2 is 1.82 bits per heavy atom. The van der Waals surface area contributed by atoms with Gasteiger partial charge in [0.05, 0.1) is 16.8 Å². The predicted molar refractivity (Wildman–Crippen MR) is 121 cm³/mol. The van der Waals surface area contributed by atoms with E-state index in [0.717, 1.165) is 0 Å². The number of benzene rings is 2. The third kappa shape index (κ3) is 4.66. The number of halogens is 4. The van der Waals surface area contributed by atoms with Crippen LogP contribution in [-0.4, -0.2) is 26.5 Å². The molecule has 0 radical (unpaired) electrons. The molecule has 2 aromatic carbocycles. The first kappa shape index (κ1) is 23.1. The van der Waals surface area contributed by atoms with Gasteiger partial charge in [-0.3, -0.25) is 0 Å². The standard InChI is InChI=1S/C22H20F4N6O2/c1-31(2)18-10-15-19(27)32(11-28-20(15)34-18)14-6-4-13(5-7-14)29-21(33)30-17-9-12(22(24,25)26)3-8-16(17)23/h3-11,19H,27H2,1-2H3,(H2,29,30,33). The molecule has 0 fully saturated rings. The van der Waals surface area contributed by atoms with E-state index in [9.17, 15) is 22.4 Å². The number of nitrogens with zero attached hydrogens (tertiary/aromatic N) is 3. The molecule has 1 unspecified atom stereocenters. The summed E-state index contributed by atoms with van der Waals surface area (Å²) in [4.78, 5) is 20.0. The quantitative estimate of drug-likeness (QED) is 0.445. The summed E-state index contributed by atoms with van der Waals surface area (Å²) < 4.78 is 58.0. The molecule has 12 heteroatoms. The zero-order valence-corrected chi connectivity index (χ0v) is 18.0. The van der Waals surface area contributed by atoms with Gasteiger partial charge in [-0.25, -0.2) is 14.2 Å². The lowest BCUT2D eigenvalue weighted by atomic mass is 10.1. The number of hydrogen-bond donors (Lipinski definition) is 3. The maximum Gasteiger partial charge on any atom is 0.416 e. The largest absolute Gasteiger partial charge is 0.422 e. The van der Waals surface area contributed by atoms with E-state index < -0.39 is 35.4 Å². The summed E-state index contributed by atoms with van der Waals surface area (Å²) >= 11 is 0. The minimum atomic E-state index is -4.67. The lowest BCUT2D eigenvalue weighted by Gasteiger charge is -2.28. The number of aliphatic imine (C=N–C) groups is 1. The first-order chi connectivity index (χ1) is 16.0. The van der Waals surface area contributed by atoms with Gasteiger partial charge in [0.1, 0.15) is 18.3 Å². The lowest BCUT2D eigenvalue weighted by Crippen LogP contribution is -2.35. The SMILES string of the molecule is CN(C)c1cc2c(o1)N=CN(c1ccc(NC(=O)Nc3cc(C(F)(F)F)ccc3F)cc1)C2N. The van der Waals surface area contributed by atoms with E-state index in [0.29, 0.717) is 46.9 Å². The summed E-state index contributed by atoms with van der Waals surface area (Å²) in [5, 5.41) is 4.53. The highest BCUT2D eigenvalue weighted by molar-refractivity contribution is 6.00. The number of furan rings is 1. The number of anilines is 4. The summed E-state index contributed by atoms with van der Waals surface area (Å²) in [5.41, 5.74) is 6.39. The molecule has 1 atom stereocenters. The number of alkyl halides is 3. The van der Waals surface area contributed by atoms with Crippen LogP contribution in [0.2, 0.25) is 0 Å². The number of rotatable bonds is 4. The Morgan fingerprint density at radius 3 is 2.47 bits per heavy atom. The minimum Gasteiger partial charge on any atom is -0.422 e. The van der Waals surface area contributed by atoms with Crippen molar-refractivity contribution in [1.82, 2.24) is 0 Å². The van der Waals surface area contributed by atoms with Crippen LogP contribution in [0.1, 0.15) is 17.3 Å². The number of fused-ring (bicyclic) bond motifs is 1. The number of nitrogens with one attached hydrogen (secondary N) is 2. The monoisotopic (exact) mass is 476 g/mol. The second-order valence-corrected chi connectivity index (χ2v) is 7.65. The van der Waals surface area contributed by atoms with Crippen LogP contribution in [0.25, 0.3) is 0 Å². The number of carbonyl (C=O) groups is 1. The van der Waals surface area contributed by atoms with Gasteiger partial charge in [-0.1, -0.05) is 0 Å². The number of urea groups is 1. The van der Waals surface area contributed by atoms with Crippen LogP contribution in [-0.2, 0) is 6.18 Å². The maximum atomic E-state index is 13.9. The van der Waals surface area contributed by atoms with Crippen molar-refractivity contribution in [2.75, 3.05) is 34.5 Å². The van der Waals surface area contributed by atoms with Crippen molar-refractivity contribution in [2.45, 2.75) is 12.3 Å². The molecule has 0 saturated carbocycles. The zero-order chi connectivity index (χ0) is 24.6. The van der Waals surface area contributed by atoms with Gasteiger partial charge in [-0.2, -0.15) is 13.2 Å². The highest BCUT2D eigenvalue weighted by Crippen LogP contribution is 2.38. The number of carbonyl (C=O) groups excluding carboxylic acids is 1. The van der Waals surface area contributed by atoms with E-state index in [2.05, 4.69) is 15.6 Å². The van der Waals surface area contributed by atoms with Gasteiger partial charge < -0.3 is 30.6 Å². The maximum absolute atomic E-state index is 13.9. The van der Waals surface area contributed by atoms with Gasteiger partial charge in [0, 0.05) is 31.5 Å². The topological polar surface area (TPSA) is 99.1 Å². The molecular weight excluding hydrogens is 456 g/mol. The molecule has 1 aromatic heterocycles. The van der Waals surface area contributed by atoms with Crippen molar-refractivity contribution < 1.29 is 26.8 Å². The van der Waals surface area contributed by atoms with E-state index in [1.165, 1.54) is 6.34 Å². The van der Waals surface area contributed by atoms with Crippen LogP contribution in [0.15, 0.2) is 57.9 Å². The van der Waals surface area contributed by atoms with Crippen molar-refractivity contribution in [3.8, 4) is 0 Å². The van der Waals surface area contributed by atoms with Crippen molar-refractivity contribution in [3.05, 3.63) is 65.5 Å². The molecule has 3 aromatic rings. The highest BCUT2D eigenvalue weighted by atomic mass is 19.4. The molecule has 178 valence electrons. The second kappa shape index (κ2) is 8.71. The van der Waals surface area contributed by atoms with Crippen molar-refractivity contribution in [1.29, 1.82) is 0 Å². The summed E-state index contributed by atoms with van der Waals surface area (Å²) in [6.07, 6.45) is -3.70. The normalized spacial score (nSPS) is 15.1. The van der Waals surface area contributed by atoms with Gasteiger partial charge in [-0.15, -0.1) is 0 Å². The number of nitrogens with two attached hydrogens (primary N) is 1. The van der Waals surface area contributed by atoms with Crippen LogP contribution in [0.4, 0.5) is 51.2 Å². The summed E-state index contributed by atoms with van der Waals surface area (Å²) in [5.74, 6) is 0.0411. The molecule has 4 rings (SSSR count). The van der Waals surface area contributed by atoms with Gasteiger partial charge in [0.15, 0.2) is 5.88 Å². The Bertz CT molecular complexity index is 1240. The first-order valence-corrected chi connectivity index (χ1v) is 9.97. The van der Waals surface area contributed by atoms with Gasteiger partial charge in [0.25, 0.3) is 0 Å². The fourth-order valence-electron chi connectivity index (χ4n) is 3.28. The van der Waals surface area contributed by atoms with Gasteiger partial charge in [0.2, 0.25) is 5.88 Å². The Hall–Kier alpha value is -4.06. The van der Waals surface area contributed by atoms with Crippen molar-refractivity contribution in [3.63, 3.8) is 0 Å². The number of amides is 2. The molecular formula is C22H20F4N6O2. The zero-order valence-electron chi connectivity index (χ0n) is 18.0. The summed E-state index contributed by atoms with van der Waals surface area (Å²) in [6, 6.07) is 9.14. The minimum absolute atomic E-state index is 0.329. The molecule has 0 saturated heterocycles. The fraction of sp³-hybridized carbons (Fsp3) is 0.182. The molecule has 0 spiro atoms. The Morgan fingerprint density at radius 1 is 1.12 bits per heavy atom. The predicted octanol–water partition coefficient (Wildman–Crippen LogP) is 5.28. The number of hydrogen-bond acceptors (Lipinski definition) is 6. The van der Waals surface area contributed by atoms with Gasteiger partial charge in [-0.05, 0) is 42.5 Å². The Kier molecular flexibility index (Phi) is 5.92. The molecule has 2 amide bonds. The smallest absolute Gasteiger partial charge is 0.416 e. The third-order valence-corrected chi connectivity index (χ3v) is 5.05. The summed E-state index contributed by atoms with van der Waals surface area (Å²) in [7, 11) is 3.67. The van der Waals surface area contributed by atoms with E-state index >= 15 is 0 Å². The molecule has 0 aliphatic carbocycles. The third-order valence-electron chi connectivity index (χ3n) is 5.05. The molecule has 0 bridgehead atoms. The van der Waals surface area contributed by atoms with E-state index in [1.807, 2.05) is 14.1 Å². The summed E-state index contributed by atoms with van der Waals surface area (Å²) in [6.45, 7) is 0. The van der Waals surface area contributed by atoms with E-state index in [-0.39, 0.29) is 0 Å². The van der Waals surface area contributed by atoms with Crippen LogP contribution in [0.5, 0.6) is 0 Å². The average Bonchev–Trinajstić information content (AvgIpc) is 3.21. The lowest BCUT2D eigenvalue weighted by molar-refractivity contribution is -0.137. The highest BCUT2D eigenvalue weighted by Gasteiger charge is 2.31. The molecule has 34 heavy (non-hydrogen) atoms. The Labute approximate surface area is 191 Å². The molecule has 1 aliphatic rings. The van der Waals surface area contributed by atoms with Crippen LogP contribution < -0.4 is 26.2 Å². The van der Waals surface area contributed by atoms with E-state index in [4.69, 9.17) is 10.2 Å². The average molecular weight is 476 g/mol. The van der Waals surface area contributed by atoms with Crippen LogP contribution in [0.3, 0.4) is 0 Å². The van der Waals surface area contributed by atoms with Crippen molar-refractivity contribution in [2.24, 2.45) is 10.7 Å². The molecule has 4 N–H and O–H groups in total. The Balaban J connectivity index is 1.44. The van der Waals surface area contributed by atoms with Gasteiger partial charge >= 0.3 is 12.2 Å². The second-order valence-electron chi connectivity index (χ2n) is 7.65. The van der Waals surface area contributed by atoms with Crippen LogP contribution >= 0.6 is 0 Å². The molecule has 8 nitrogen and oxygen atoms in total. The fourth-order valence-corrected chi connectivity index (χ4v) is 3.28.